The molecule has 3 N–H and O–H groups in total. The maximum Gasteiger partial charge on any atom is 0.303 e. The zero-order chi connectivity index (χ0) is 22.4. The fraction of sp³-hybridized carbons (Fsp3) is 0.609. The number of carboxylic acids is 1. The van der Waals surface area contributed by atoms with Gasteiger partial charge in [-0.3, -0.25) is 4.79 Å². The van der Waals surface area contributed by atoms with Crippen LogP contribution >= 0.6 is 0 Å². The monoisotopic (exact) mass is 440 g/mol. The third kappa shape index (κ3) is 6.48. The lowest BCUT2D eigenvalue weighted by Crippen LogP contribution is -2.35. The quantitative estimate of drug-likeness (QED) is 0.509. The van der Waals surface area contributed by atoms with Gasteiger partial charge < -0.3 is 24.8 Å². The van der Waals surface area contributed by atoms with Gasteiger partial charge in [0, 0.05) is 25.0 Å². The molecule has 0 bridgehead atoms. The van der Waals surface area contributed by atoms with E-state index in [0.29, 0.717) is 25.9 Å². The second-order valence-electron chi connectivity index (χ2n) is 8.55. The van der Waals surface area contributed by atoms with Crippen LogP contribution < -0.4 is 4.74 Å². The zero-order valence-electron chi connectivity index (χ0n) is 17.4. The van der Waals surface area contributed by atoms with Gasteiger partial charge in [0.25, 0.3) is 0 Å². The fourth-order valence-corrected chi connectivity index (χ4v) is 4.55. The number of aliphatic hydroxyl groups excluding tert-OH is 1. The van der Waals surface area contributed by atoms with Gasteiger partial charge in [0.1, 0.15) is 18.5 Å². The van der Waals surface area contributed by atoms with E-state index in [1.165, 1.54) is 6.08 Å². The van der Waals surface area contributed by atoms with E-state index in [1.807, 2.05) is 0 Å². The maximum atomic E-state index is 13.6. The second kappa shape index (κ2) is 10.5. The highest BCUT2D eigenvalue weighted by atomic mass is 19.1. The standard InChI is InChI=1S/C23H30F2O6/c24-16-5-7-19(25)21(12-16)31-14-17(26)8-10-23(29)11-9-20-18(23)6-4-15(13-30-20)2-1-3-22(27)28/h5,7-8,10,12,15,17-18,20,26,29H,1-4,6,9,11,13-14H2,(H,27,28)/t15-,17+,18+,20-,23-/m0/s1. The number of aliphatic hydroxyl groups is 2. The molecule has 0 radical (unpaired) electrons. The van der Waals surface area contributed by atoms with Crippen molar-refractivity contribution < 1.29 is 38.4 Å². The van der Waals surface area contributed by atoms with Crippen LogP contribution in [0, 0.1) is 23.5 Å². The summed E-state index contributed by atoms with van der Waals surface area (Å²) in [7, 11) is 0. The highest BCUT2D eigenvalue weighted by molar-refractivity contribution is 5.66. The van der Waals surface area contributed by atoms with Crippen LogP contribution in [0.2, 0.25) is 0 Å². The smallest absolute Gasteiger partial charge is 0.303 e. The van der Waals surface area contributed by atoms with Gasteiger partial charge in [0.15, 0.2) is 11.6 Å². The number of fused-ring (bicyclic) bond motifs is 1. The molecule has 1 aliphatic carbocycles. The Kier molecular flexibility index (Phi) is 8.02. The van der Waals surface area contributed by atoms with Gasteiger partial charge in [0.05, 0.1) is 11.7 Å². The predicted octanol–water partition coefficient (Wildman–Crippen LogP) is 3.45. The Labute approximate surface area is 180 Å². The minimum Gasteiger partial charge on any atom is -0.487 e. The SMILES string of the molecule is O=C(O)CCC[C@H]1CC[C@@H]2[C@H](CC[C@@]2(O)C=C[C@@H](O)COc2cc(F)ccc2F)OC1. The Morgan fingerprint density at radius 2 is 2.13 bits per heavy atom. The van der Waals surface area contributed by atoms with Crippen LogP contribution in [0.15, 0.2) is 30.4 Å². The third-order valence-corrected chi connectivity index (χ3v) is 6.26. The molecular formula is C23H30F2O6. The Bertz CT molecular complexity index is 785. The van der Waals surface area contributed by atoms with Gasteiger partial charge >= 0.3 is 5.97 Å². The van der Waals surface area contributed by atoms with Crippen molar-refractivity contribution in [3.63, 3.8) is 0 Å². The molecule has 172 valence electrons. The number of carboxylic acid groups (broad SMARTS) is 1. The van der Waals surface area contributed by atoms with Gasteiger partial charge in [-0.15, -0.1) is 0 Å². The van der Waals surface area contributed by atoms with Crippen LogP contribution in [0.4, 0.5) is 8.78 Å². The number of halogens is 2. The molecule has 31 heavy (non-hydrogen) atoms. The van der Waals surface area contributed by atoms with E-state index in [9.17, 15) is 23.8 Å². The summed E-state index contributed by atoms with van der Waals surface area (Å²) in [6.07, 6.45) is 6.18. The van der Waals surface area contributed by atoms with Crippen molar-refractivity contribution >= 4 is 5.97 Å². The van der Waals surface area contributed by atoms with Gasteiger partial charge in [-0.1, -0.05) is 12.2 Å². The Morgan fingerprint density at radius 3 is 2.90 bits per heavy atom. The van der Waals surface area contributed by atoms with Gasteiger partial charge in [-0.05, 0) is 56.6 Å². The summed E-state index contributed by atoms with van der Waals surface area (Å²) in [6.45, 7) is 0.291. The molecule has 0 spiro atoms. The number of benzene rings is 1. The Morgan fingerprint density at radius 1 is 1.32 bits per heavy atom. The van der Waals surface area contributed by atoms with E-state index in [2.05, 4.69) is 0 Å². The van der Waals surface area contributed by atoms with Crippen molar-refractivity contribution in [2.24, 2.45) is 11.8 Å². The second-order valence-corrected chi connectivity index (χ2v) is 8.55. The summed E-state index contributed by atoms with van der Waals surface area (Å²) in [5.74, 6) is -2.27. The molecule has 3 rings (SSSR count). The van der Waals surface area contributed by atoms with Gasteiger partial charge in [-0.25, -0.2) is 8.78 Å². The number of hydrogen-bond acceptors (Lipinski definition) is 5. The van der Waals surface area contributed by atoms with Gasteiger partial charge in [-0.2, -0.15) is 0 Å². The van der Waals surface area contributed by atoms with Crippen molar-refractivity contribution in [3.05, 3.63) is 42.0 Å². The van der Waals surface area contributed by atoms with E-state index in [0.717, 1.165) is 37.5 Å². The van der Waals surface area contributed by atoms with Crippen LogP contribution in [0.5, 0.6) is 5.75 Å². The summed E-state index contributed by atoms with van der Waals surface area (Å²) >= 11 is 0. The number of ether oxygens (including phenoxy) is 2. The molecule has 2 aliphatic rings. The molecule has 0 unspecified atom stereocenters. The predicted molar refractivity (Wildman–Crippen MR) is 109 cm³/mol. The molecule has 1 aromatic rings. The fourth-order valence-electron chi connectivity index (χ4n) is 4.55. The lowest BCUT2D eigenvalue weighted by molar-refractivity contribution is -0.137. The first-order valence-corrected chi connectivity index (χ1v) is 10.8. The van der Waals surface area contributed by atoms with E-state index in [1.54, 1.807) is 6.08 Å². The lowest BCUT2D eigenvalue weighted by atomic mass is 9.83. The summed E-state index contributed by atoms with van der Waals surface area (Å²) < 4.78 is 38.0. The molecule has 1 aromatic carbocycles. The molecule has 1 saturated heterocycles. The van der Waals surface area contributed by atoms with Crippen molar-refractivity contribution in [2.45, 2.75) is 62.8 Å². The zero-order valence-corrected chi connectivity index (χ0v) is 17.4. The average molecular weight is 440 g/mol. The minimum absolute atomic E-state index is 0.0751. The average Bonchev–Trinajstić information content (AvgIpc) is 2.90. The molecular weight excluding hydrogens is 410 g/mol. The van der Waals surface area contributed by atoms with Crippen molar-refractivity contribution in [1.82, 2.24) is 0 Å². The summed E-state index contributed by atoms with van der Waals surface area (Å²) in [6, 6.07) is 2.85. The molecule has 1 heterocycles. The Hall–Kier alpha value is -2.03. The summed E-state index contributed by atoms with van der Waals surface area (Å²) in [5.41, 5.74) is -1.12. The van der Waals surface area contributed by atoms with Gasteiger partial charge in [0.2, 0.25) is 0 Å². The highest BCUT2D eigenvalue weighted by Gasteiger charge is 2.47. The highest BCUT2D eigenvalue weighted by Crippen LogP contribution is 2.44. The molecule has 6 nitrogen and oxygen atoms in total. The normalized spacial score (nSPS) is 29.5. The lowest BCUT2D eigenvalue weighted by Gasteiger charge is -2.29. The van der Waals surface area contributed by atoms with Crippen molar-refractivity contribution in [3.8, 4) is 5.75 Å². The molecule has 0 amide bonds. The van der Waals surface area contributed by atoms with Crippen molar-refractivity contribution in [1.29, 1.82) is 0 Å². The van der Waals surface area contributed by atoms with Crippen LogP contribution in [0.1, 0.15) is 44.9 Å². The molecule has 0 aromatic heterocycles. The third-order valence-electron chi connectivity index (χ3n) is 6.26. The Balaban J connectivity index is 1.52. The number of rotatable bonds is 9. The molecule has 1 saturated carbocycles. The van der Waals surface area contributed by atoms with Crippen LogP contribution in [0.3, 0.4) is 0 Å². The first kappa shape index (κ1) is 23.6. The largest absolute Gasteiger partial charge is 0.487 e. The first-order chi connectivity index (χ1) is 14.8. The molecule has 2 fully saturated rings. The summed E-state index contributed by atoms with van der Waals surface area (Å²) in [4.78, 5) is 10.7. The number of carbonyl (C=O) groups is 1. The van der Waals surface area contributed by atoms with E-state index in [4.69, 9.17) is 14.6 Å². The van der Waals surface area contributed by atoms with Crippen LogP contribution in [0.25, 0.3) is 0 Å². The topological polar surface area (TPSA) is 96.2 Å². The molecule has 5 atom stereocenters. The van der Waals surface area contributed by atoms with E-state index >= 15 is 0 Å². The number of hydrogen-bond donors (Lipinski definition) is 3. The van der Waals surface area contributed by atoms with E-state index in [-0.39, 0.29) is 36.7 Å². The maximum absolute atomic E-state index is 13.6. The van der Waals surface area contributed by atoms with Crippen LogP contribution in [-0.4, -0.2) is 52.3 Å². The number of aliphatic carboxylic acids is 1. The van der Waals surface area contributed by atoms with Crippen molar-refractivity contribution in [2.75, 3.05) is 13.2 Å². The minimum atomic E-state index is -1.12. The molecule has 8 heteroatoms. The van der Waals surface area contributed by atoms with Crippen LogP contribution in [-0.2, 0) is 9.53 Å². The first-order valence-electron chi connectivity index (χ1n) is 10.8. The summed E-state index contributed by atoms with van der Waals surface area (Å²) in [5, 5.41) is 30.1. The molecule has 1 aliphatic heterocycles. The van der Waals surface area contributed by atoms with E-state index < -0.39 is 29.3 Å².